The van der Waals surface area contributed by atoms with Gasteiger partial charge in [0.05, 0.1) is 6.10 Å². The number of ether oxygens (including phenoxy) is 2. The lowest BCUT2D eigenvalue weighted by Gasteiger charge is -2.14. The van der Waals surface area contributed by atoms with Gasteiger partial charge in [0.15, 0.2) is 0 Å². The minimum atomic E-state index is -0.269. The molecule has 0 saturated carbocycles. The summed E-state index contributed by atoms with van der Waals surface area (Å²) in [6.07, 6.45) is 5.15. The Bertz CT molecular complexity index is 447. The molecule has 2 aliphatic rings. The molecule has 0 aromatic carbocycles. The highest BCUT2D eigenvalue weighted by Crippen LogP contribution is 2.33. The molecular weight excluding hydrogens is 251 g/mol. The standard InChI is InChI=1S/C9H10N2O3.C3H9P/c12-7-3-4-11-8-2-1-6(14-8)5-13-9(11)10-7;1-3-4-2/h3-4,6,8H,1-2,5H2;4H,3H2,1-2H3. The molecule has 3 heterocycles. The van der Waals surface area contributed by atoms with Crippen LogP contribution >= 0.6 is 8.58 Å². The molecular formula is C12H19N2O3P. The van der Waals surface area contributed by atoms with Crippen LogP contribution in [0.25, 0.3) is 0 Å². The Morgan fingerprint density at radius 2 is 2.33 bits per heavy atom. The lowest BCUT2D eigenvalue weighted by atomic mass is 10.2. The van der Waals surface area contributed by atoms with Crippen molar-refractivity contribution in [1.29, 1.82) is 0 Å². The molecule has 3 unspecified atom stereocenters. The Hall–Kier alpha value is -0.930. The van der Waals surface area contributed by atoms with Crippen LogP contribution in [0.4, 0.5) is 0 Å². The first-order valence-corrected chi connectivity index (χ1v) is 7.97. The van der Waals surface area contributed by atoms with E-state index in [0.29, 0.717) is 12.6 Å². The van der Waals surface area contributed by atoms with E-state index in [2.05, 4.69) is 18.6 Å². The molecule has 6 heteroatoms. The summed E-state index contributed by atoms with van der Waals surface area (Å²) in [7, 11) is 1.14. The summed E-state index contributed by atoms with van der Waals surface area (Å²) in [6.45, 7) is 4.89. The smallest absolute Gasteiger partial charge is 0.301 e. The van der Waals surface area contributed by atoms with Crippen LogP contribution in [0.3, 0.4) is 0 Å². The van der Waals surface area contributed by atoms with Crippen molar-refractivity contribution in [2.45, 2.75) is 32.1 Å². The summed E-state index contributed by atoms with van der Waals surface area (Å²) < 4.78 is 12.9. The zero-order valence-corrected chi connectivity index (χ0v) is 11.8. The van der Waals surface area contributed by atoms with Crippen molar-refractivity contribution in [3.05, 3.63) is 22.6 Å². The van der Waals surface area contributed by atoms with E-state index in [-0.39, 0.29) is 17.9 Å². The number of hydrogen-bond acceptors (Lipinski definition) is 4. The fourth-order valence-electron chi connectivity index (χ4n) is 1.90. The van der Waals surface area contributed by atoms with Gasteiger partial charge in [0.2, 0.25) is 0 Å². The van der Waals surface area contributed by atoms with E-state index in [9.17, 15) is 4.79 Å². The summed E-state index contributed by atoms with van der Waals surface area (Å²) in [5.41, 5.74) is -0.269. The first kappa shape index (κ1) is 13.5. The molecule has 0 amide bonds. The Morgan fingerprint density at radius 1 is 1.56 bits per heavy atom. The molecule has 1 saturated heterocycles. The van der Waals surface area contributed by atoms with Gasteiger partial charge in [0, 0.05) is 12.3 Å². The van der Waals surface area contributed by atoms with Crippen molar-refractivity contribution in [3.8, 4) is 6.01 Å². The molecule has 18 heavy (non-hydrogen) atoms. The van der Waals surface area contributed by atoms with Crippen LogP contribution in [-0.4, -0.2) is 35.1 Å². The summed E-state index contributed by atoms with van der Waals surface area (Å²) in [5.74, 6) is 0. The van der Waals surface area contributed by atoms with E-state index in [1.165, 1.54) is 12.2 Å². The fraction of sp³-hybridized carbons (Fsp3) is 0.667. The summed E-state index contributed by atoms with van der Waals surface area (Å²) in [6, 6.07) is 1.80. The van der Waals surface area contributed by atoms with Crippen LogP contribution < -0.4 is 10.3 Å². The lowest BCUT2D eigenvalue weighted by Crippen LogP contribution is -2.18. The average Bonchev–Trinajstić information content (AvgIpc) is 2.77. The van der Waals surface area contributed by atoms with Crippen LogP contribution in [0.2, 0.25) is 0 Å². The molecule has 1 aromatic rings. The summed E-state index contributed by atoms with van der Waals surface area (Å²) in [5, 5.41) is 0. The normalized spacial score (nSPS) is 25.0. The topological polar surface area (TPSA) is 53.4 Å². The maximum atomic E-state index is 11.0. The predicted molar refractivity (Wildman–Crippen MR) is 71.9 cm³/mol. The molecule has 0 radical (unpaired) electrons. The van der Waals surface area contributed by atoms with E-state index in [1.807, 2.05) is 0 Å². The number of fused-ring (bicyclic) bond motifs is 4. The molecule has 2 bridgehead atoms. The predicted octanol–water partition coefficient (Wildman–Crippen LogP) is 1.63. The maximum Gasteiger partial charge on any atom is 0.301 e. The lowest BCUT2D eigenvalue weighted by molar-refractivity contribution is 0.00450. The molecule has 0 N–H and O–H groups in total. The Kier molecular flexibility index (Phi) is 4.72. The third-order valence-corrected chi connectivity index (χ3v) is 3.66. The molecule has 0 aliphatic carbocycles. The Balaban J connectivity index is 0.000000267. The highest BCUT2D eigenvalue weighted by molar-refractivity contribution is 7.36. The number of rotatable bonds is 1. The van der Waals surface area contributed by atoms with Crippen LogP contribution in [0.1, 0.15) is 26.0 Å². The second-order valence-corrected chi connectivity index (χ2v) is 5.68. The third-order valence-electron chi connectivity index (χ3n) is 2.95. The van der Waals surface area contributed by atoms with E-state index < -0.39 is 0 Å². The number of aromatic nitrogens is 2. The summed E-state index contributed by atoms with van der Waals surface area (Å²) >= 11 is 0. The quantitative estimate of drug-likeness (QED) is 0.728. The molecule has 3 rings (SSSR count). The minimum absolute atomic E-state index is 0.00870. The van der Waals surface area contributed by atoms with Gasteiger partial charge >= 0.3 is 6.01 Å². The van der Waals surface area contributed by atoms with Crippen molar-refractivity contribution >= 4 is 8.58 Å². The molecule has 100 valence electrons. The molecule has 1 fully saturated rings. The second kappa shape index (κ2) is 6.30. The monoisotopic (exact) mass is 270 g/mol. The van der Waals surface area contributed by atoms with Crippen LogP contribution in [0, 0.1) is 0 Å². The van der Waals surface area contributed by atoms with Crippen molar-refractivity contribution in [2.75, 3.05) is 19.4 Å². The van der Waals surface area contributed by atoms with Gasteiger partial charge < -0.3 is 9.47 Å². The van der Waals surface area contributed by atoms with Crippen molar-refractivity contribution in [2.24, 2.45) is 0 Å². The van der Waals surface area contributed by atoms with E-state index >= 15 is 0 Å². The molecule has 0 spiro atoms. The van der Waals surface area contributed by atoms with Gasteiger partial charge in [-0.15, -0.1) is 8.58 Å². The average molecular weight is 270 g/mol. The first-order chi connectivity index (χ1) is 8.74. The van der Waals surface area contributed by atoms with Crippen molar-refractivity contribution in [3.63, 3.8) is 0 Å². The summed E-state index contributed by atoms with van der Waals surface area (Å²) in [4.78, 5) is 14.8. The first-order valence-electron chi connectivity index (χ1n) is 6.26. The van der Waals surface area contributed by atoms with Crippen LogP contribution in [-0.2, 0) is 4.74 Å². The van der Waals surface area contributed by atoms with Crippen molar-refractivity contribution in [1.82, 2.24) is 9.55 Å². The molecule has 5 nitrogen and oxygen atoms in total. The van der Waals surface area contributed by atoms with E-state index in [0.717, 1.165) is 21.4 Å². The van der Waals surface area contributed by atoms with Gasteiger partial charge in [-0.3, -0.25) is 9.36 Å². The highest BCUT2D eigenvalue weighted by atomic mass is 31.1. The van der Waals surface area contributed by atoms with Crippen LogP contribution in [0.15, 0.2) is 17.1 Å². The SMILES string of the molecule is CCPC.O=c1ccn2c(n1)OCC1CCC2O1. The van der Waals surface area contributed by atoms with Gasteiger partial charge in [-0.25, -0.2) is 0 Å². The zero-order chi connectivity index (χ0) is 13.0. The van der Waals surface area contributed by atoms with Crippen molar-refractivity contribution < 1.29 is 9.47 Å². The largest absolute Gasteiger partial charge is 0.462 e. The fourth-order valence-corrected chi connectivity index (χ4v) is 1.90. The highest BCUT2D eigenvalue weighted by Gasteiger charge is 2.31. The van der Waals surface area contributed by atoms with Gasteiger partial charge in [0.1, 0.15) is 12.8 Å². The molecule has 2 aliphatic heterocycles. The van der Waals surface area contributed by atoms with Gasteiger partial charge in [-0.1, -0.05) is 6.92 Å². The second-order valence-electron chi connectivity index (χ2n) is 4.26. The third kappa shape index (κ3) is 3.09. The molecule has 3 atom stereocenters. The Morgan fingerprint density at radius 3 is 3.06 bits per heavy atom. The number of nitrogens with zero attached hydrogens (tertiary/aromatic N) is 2. The van der Waals surface area contributed by atoms with Gasteiger partial charge in [-0.2, -0.15) is 4.98 Å². The van der Waals surface area contributed by atoms with E-state index in [4.69, 9.17) is 9.47 Å². The minimum Gasteiger partial charge on any atom is -0.462 e. The van der Waals surface area contributed by atoms with Gasteiger partial charge in [-0.05, 0) is 25.7 Å². The van der Waals surface area contributed by atoms with Gasteiger partial charge in [0.25, 0.3) is 5.56 Å². The zero-order valence-electron chi connectivity index (χ0n) is 10.8. The molecule has 1 aromatic heterocycles. The van der Waals surface area contributed by atoms with E-state index in [1.54, 1.807) is 10.8 Å². The number of hydrogen-bond donors (Lipinski definition) is 0. The van der Waals surface area contributed by atoms with Crippen LogP contribution in [0.5, 0.6) is 6.01 Å². The Labute approximate surface area is 108 Å². The maximum absolute atomic E-state index is 11.0.